The number of hydrogen-bond donors (Lipinski definition) is 1. The molecular weight excluding hydrogens is 350 g/mol. The van der Waals surface area contributed by atoms with Crippen molar-refractivity contribution in [3.63, 3.8) is 0 Å². The van der Waals surface area contributed by atoms with Crippen molar-refractivity contribution in [2.24, 2.45) is 0 Å². The van der Waals surface area contributed by atoms with E-state index in [1.165, 1.54) is 17.8 Å². The number of rotatable bonds is 3. The van der Waals surface area contributed by atoms with Crippen molar-refractivity contribution in [1.82, 2.24) is 0 Å². The zero-order chi connectivity index (χ0) is 18.1. The molecular formula is C19H17N3O3S. The van der Waals surface area contributed by atoms with Gasteiger partial charge in [0.2, 0.25) is 0 Å². The summed E-state index contributed by atoms with van der Waals surface area (Å²) in [6.07, 6.45) is 3.97. The Kier molecular flexibility index (Phi) is 4.38. The van der Waals surface area contributed by atoms with Gasteiger partial charge in [0, 0.05) is 41.4 Å². The van der Waals surface area contributed by atoms with E-state index in [2.05, 4.69) is 10.2 Å². The van der Waals surface area contributed by atoms with E-state index >= 15 is 0 Å². The number of fused-ring (bicyclic) bond motifs is 1. The number of carbonyl (C=O) groups excluding carboxylic acids is 1. The second kappa shape index (κ2) is 6.84. The molecule has 1 N–H and O–H groups in total. The maximum absolute atomic E-state index is 12.5. The number of amides is 1. The molecule has 0 aromatic heterocycles. The predicted molar refractivity (Wildman–Crippen MR) is 103 cm³/mol. The number of nitro benzene ring substituents is 1. The minimum Gasteiger partial charge on any atom is -0.371 e. The zero-order valence-corrected chi connectivity index (χ0v) is 14.8. The van der Waals surface area contributed by atoms with Crippen molar-refractivity contribution in [2.75, 3.05) is 23.3 Å². The number of hydrogen-bond acceptors (Lipinski definition) is 5. The molecule has 7 heteroatoms. The fraction of sp³-hybridized carbons (Fsp3) is 0.211. The summed E-state index contributed by atoms with van der Waals surface area (Å²) in [4.78, 5) is 27.0. The Morgan fingerprint density at radius 2 is 1.92 bits per heavy atom. The number of anilines is 2. The predicted octanol–water partition coefficient (Wildman–Crippen LogP) is 4.28. The number of benzene rings is 2. The lowest BCUT2D eigenvalue weighted by atomic mass is 10.1. The molecule has 2 heterocycles. The van der Waals surface area contributed by atoms with Gasteiger partial charge in [-0.05, 0) is 37.1 Å². The van der Waals surface area contributed by atoms with E-state index in [-0.39, 0.29) is 11.6 Å². The van der Waals surface area contributed by atoms with E-state index in [0.29, 0.717) is 10.5 Å². The molecule has 0 spiro atoms. The molecule has 2 aromatic rings. The molecule has 2 aromatic carbocycles. The first-order chi connectivity index (χ1) is 12.6. The summed E-state index contributed by atoms with van der Waals surface area (Å²) < 4.78 is 0. The average molecular weight is 367 g/mol. The molecule has 2 aliphatic heterocycles. The first-order valence-corrected chi connectivity index (χ1v) is 9.27. The molecule has 26 heavy (non-hydrogen) atoms. The van der Waals surface area contributed by atoms with Gasteiger partial charge in [-0.2, -0.15) is 0 Å². The smallest absolute Gasteiger partial charge is 0.270 e. The van der Waals surface area contributed by atoms with Crippen LogP contribution in [0.25, 0.3) is 6.08 Å². The fourth-order valence-electron chi connectivity index (χ4n) is 3.26. The number of thioether (sulfide) groups is 1. The first-order valence-electron chi connectivity index (χ1n) is 8.45. The lowest BCUT2D eigenvalue weighted by Crippen LogP contribution is -2.19. The third-order valence-electron chi connectivity index (χ3n) is 4.53. The van der Waals surface area contributed by atoms with E-state index in [9.17, 15) is 14.9 Å². The van der Waals surface area contributed by atoms with E-state index in [1.807, 2.05) is 24.3 Å². The highest BCUT2D eigenvalue weighted by Gasteiger charge is 2.23. The van der Waals surface area contributed by atoms with Crippen molar-refractivity contribution >= 4 is 40.8 Å². The molecule has 132 valence electrons. The zero-order valence-electron chi connectivity index (χ0n) is 14.0. The molecule has 0 bridgehead atoms. The molecule has 2 aliphatic rings. The Hall–Kier alpha value is -2.80. The highest BCUT2D eigenvalue weighted by Crippen LogP contribution is 2.40. The van der Waals surface area contributed by atoms with Gasteiger partial charge in [0.1, 0.15) is 0 Å². The second-order valence-electron chi connectivity index (χ2n) is 6.26. The van der Waals surface area contributed by atoms with E-state index in [1.54, 1.807) is 18.2 Å². The van der Waals surface area contributed by atoms with Crippen LogP contribution in [-0.4, -0.2) is 23.9 Å². The standard InChI is InChI=1S/C19H17N3O3S/c23-19-18(26-17-6-2-1-5-15(17)20-19)12-13-11-14(22(24)25)7-8-16(13)21-9-3-4-10-21/h1-2,5-8,11-12H,3-4,9-10H2,(H,20,23)/b18-12+. The molecule has 0 unspecified atom stereocenters. The van der Waals surface area contributed by atoms with Gasteiger partial charge >= 0.3 is 0 Å². The molecule has 0 radical (unpaired) electrons. The summed E-state index contributed by atoms with van der Waals surface area (Å²) in [7, 11) is 0. The van der Waals surface area contributed by atoms with E-state index in [4.69, 9.17) is 0 Å². The number of nitro groups is 1. The SMILES string of the molecule is O=C1Nc2ccccc2S/C1=C/c1cc([N+](=O)[O-])ccc1N1CCCC1. The highest BCUT2D eigenvalue weighted by atomic mass is 32.2. The van der Waals surface area contributed by atoms with Crippen LogP contribution in [0, 0.1) is 10.1 Å². The third-order valence-corrected chi connectivity index (χ3v) is 5.63. The van der Waals surface area contributed by atoms with Crippen LogP contribution in [0.3, 0.4) is 0 Å². The van der Waals surface area contributed by atoms with Crippen LogP contribution in [0.5, 0.6) is 0 Å². The van der Waals surface area contributed by atoms with Gasteiger partial charge < -0.3 is 10.2 Å². The Morgan fingerprint density at radius 3 is 2.69 bits per heavy atom. The Balaban J connectivity index is 1.76. The molecule has 1 amide bonds. The number of carbonyl (C=O) groups is 1. The minimum atomic E-state index is -0.404. The Labute approximate surface area is 155 Å². The van der Waals surface area contributed by atoms with Crippen molar-refractivity contribution in [1.29, 1.82) is 0 Å². The van der Waals surface area contributed by atoms with E-state index in [0.717, 1.165) is 42.2 Å². The first kappa shape index (κ1) is 16.7. The summed E-state index contributed by atoms with van der Waals surface area (Å²) in [5, 5.41) is 14.1. The van der Waals surface area contributed by atoms with Crippen LogP contribution in [0.4, 0.5) is 17.1 Å². The summed E-state index contributed by atoms with van der Waals surface area (Å²) in [6, 6.07) is 12.5. The monoisotopic (exact) mass is 367 g/mol. The topological polar surface area (TPSA) is 75.5 Å². The average Bonchev–Trinajstić information content (AvgIpc) is 3.16. The molecule has 0 atom stereocenters. The molecule has 1 fully saturated rings. The third kappa shape index (κ3) is 3.17. The largest absolute Gasteiger partial charge is 0.371 e. The lowest BCUT2D eigenvalue weighted by Gasteiger charge is -2.22. The van der Waals surface area contributed by atoms with Crippen molar-refractivity contribution < 1.29 is 9.72 Å². The van der Waals surface area contributed by atoms with Crippen LogP contribution < -0.4 is 10.2 Å². The summed E-state index contributed by atoms with van der Waals surface area (Å²) in [5.41, 5.74) is 2.46. The fourth-order valence-corrected chi connectivity index (χ4v) is 4.20. The number of nitrogens with zero attached hydrogens (tertiary/aromatic N) is 2. The molecule has 6 nitrogen and oxygen atoms in total. The molecule has 4 rings (SSSR count). The maximum Gasteiger partial charge on any atom is 0.270 e. The molecule has 0 aliphatic carbocycles. The Bertz CT molecular complexity index is 920. The quantitative estimate of drug-likeness (QED) is 0.498. The van der Waals surface area contributed by atoms with Crippen LogP contribution in [-0.2, 0) is 4.79 Å². The maximum atomic E-state index is 12.5. The van der Waals surface area contributed by atoms with Crippen molar-refractivity contribution in [2.45, 2.75) is 17.7 Å². The van der Waals surface area contributed by atoms with Crippen LogP contribution >= 0.6 is 11.8 Å². The van der Waals surface area contributed by atoms with Crippen LogP contribution in [0.1, 0.15) is 18.4 Å². The number of para-hydroxylation sites is 1. The van der Waals surface area contributed by atoms with Gasteiger partial charge in [-0.1, -0.05) is 23.9 Å². The van der Waals surface area contributed by atoms with Crippen molar-refractivity contribution in [3.8, 4) is 0 Å². The number of nitrogens with one attached hydrogen (secondary N) is 1. The summed E-state index contributed by atoms with van der Waals surface area (Å²) in [6.45, 7) is 1.85. The van der Waals surface area contributed by atoms with Gasteiger partial charge in [0.05, 0.1) is 15.5 Å². The minimum absolute atomic E-state index is 0.0291. The molecule has 1 saturated heterocycles. The highest BCUT2D eigenvalue weighted by molar-refractivity contribution is 8.04. The Morgan fingerprint density at radius 1 is 1.15 bits per heavy atom. The van der Waals surface area contributed by atoms with Gasteiger partial charge in [-0.25, -0.2) is 0 Å². The lowest BCUT2D eigenvalue weighted by molar-refractivity contribution is -0.384. The van der Waals surface area contributed by atoms with Crippen LogP contribution in [0.2, 0.25) is 0 Å². The summed E-state index contributed by atoms with van der Waals surface area (Å²) >= 11 is 1.39. The van der Waals surface area contributed by atoms with Crippen LogP contribution in [0.15, 0.2) is 52.3 Å². The second-order valence-corrected chi connectivity index (χ2v) is 7.34. The summed E-state index contributed by atoms with van der Waals surface area (Å²) in [5.74, 6) is -0.187. The van der Waals surface area contributed by atoms with Gasteiger partial charge in [-0.15, -0.1) is 0 Å². The van der Waals surface area contributed by atoms with E-state index < -0.39 is 4.92 Å². The van der Waals surface area contributed by atoms with Gasteiger partial charge in [-0.3, -0.25) is 14.9 Å². The van der Waals surface area contributed by atoms with Crippen molar-refractivity contribution in [3.05, 3.63) is 63.0 Å². The van der Waals surface area contributed by atoms with Gasteiger partial charge in [0.15, 0.2) is 0 Å². The number of non-ortho nitro benzene ring substituents is 1. The van der Waals surface area contributed by atoms with Gasteiger partial charge in [0.25, 0.3) is 11.6 Å². The normalized spacial score (nSPS) is 17.9. The molecule has 0 saturated carbocycles.